The first-order chi connectivity index (χ1) is 11.6. The zero-order valence-corrected chi connectivity index (χ0v) is 14.2. The Hall–Kier alpha value is -2.63. The van der Waals surface area contributed by atoms with Crippen molar-refractivity contribution >= 4 is 11.6 Å². The van der Waals surface area contributed by atoms with Crippen LogP contribution in [0.4, 0.5) is 0 Å². The Labute approximate surface area is 141 Å². The van der Waals surface area contributed by atoms with Gasteiger partial charge in [0.1, 0.15) is 5.65 Å². The van der Waals surface area contributed by atoms with E-state index >= 15 is 0 Å². The lowest BCUT2D eigenvalue weighted by molar-refractivity contribution is -0.150. The smallest absolute Gasteiger partial charge is 0.311 e. The Bertz CT molecular complexity index is 834. The first-order valence-electron chi connectivity index (χ1n) is 8.20. The summed E-state index contributed by atoms with van der Waals surface area (Å²) in [4.78, 5) is 16.4. The molecule has 0 amide bonds. The standard InChI is InChI=1S/C18H22N4O2/c1-4-24-18(23)16(13(2)3)12-22-11-15(10-20-22)14-5-7-21-8-6-19-17(21)9-14/h5-11,13,16H,4,12H2,1-3H3. The molecule has 0 aromatic carbocycles. The summed E-state index contributed by atoms with van der Waals surface area (Å²) in [5.41, 5.74) is 2.95. The van der Waals surface area contributed by atoms with E-state index in [1.807, 2.05) is 66.8 Å². The van der Waals surface area contributed by atoms with Crippen molar-refractivity contribution < 1.29 is 9.53 Å². The van der Waals surface area contributed by atoms with Crippen LogP contribution in [0.25, 0.3) is 16.8 Å². The van der Waals surface area contributed by atoms with E-state index in [0.717, 1.165) is 16.8 Å². The van der Waals surface area contributed by atoms with Crippen LogP contribution in [0.1, 0.15) is 20.8 Å². The van der Waals surface area contributed by atoms with Gasteiger partial charge in [0.25, 0.3) is 0 Å². The largest absolute Gasteiger partial charge is 0.466 e. The van der Waals surface area contributed by atoms with Gasteiger partial charge in [0.05, 0.1) is 25.3 Å². The van der Waals surface area contributed by atoms with Crippen LogP contribution in [0.5, 0.6) is 0 Å². The third kappa shape index (κ3) is 3.32. The van der Waals surface area contributed by atoms with Gasteiger partial charge in [-0.3, -0.25) is 9.48 Å². The molecular weight excluding hydrogens is 304 g/mol. The molecular formula is C18H22N4O2. The van der Waals surface area contributed by atoms with E-state index < -0.39 is 0 Å². The van der Waals surface area contributed by atoms with Crippen LogP contribution in [0, 0.1) is 11.8 Å². The van der Waals surface area contributed by atoms with Crippen molar-refractivity contribution in [2.45, 2.75) is 27.3 Å². The highest BCUT2D eigenvalue weighted by Crippen LogP contribution is 2.21. The number of carbonyl (C=O) groups excluding carboxylic acids is 1. The van der Waals surface area contributed by atoms with Crippen LogP contribution in [-0.4, -0.2) is 31.7 Å². The predicted octanol–water partition coefficient (Wildman–Crippen LogP) is 3.03. The maximum atomic E-state index is 12.1. The molecule has 0 aliphatic rings. The van der Waals surface area contributed by atoms with Crippen LogP contribution in [0.15, 0.2) is 43.1 Å². The van der Waals surface area contributed by atoms with E-state index in [1.165, 1.54) is 0 Å². The lowest BCUT2D eigenvalue weighted by Gasteiger charge is -2.18. The molecule has 3 aromatic rings. The van der Waals surface area contributed by atoms with Gasteiger partial charge in [-0.05, 0) is 30.5 Å². The molecule has 24 heavy (non-hydrogen) atoms. The van der Waals surface area contributed by atoms with Crippen LogP contribution < -0.4 is 0 Å². The SMILES string of the molecule is CCOC(=O)C(Cn1cc(-c2ccn3ccnc3c2)cn1)C(C)C. The molecule has 1 unspecified atom stereocenters. The summed E-state index contributed by atoms with van der Waals surface area (Å²) in [5, 5.41) is 4.41. The molecule has 0 fully saturated rings. The van der Waals surface area contributed by atoms with Crippen molar-refractivity contribution in [2.75, 3.05) is 6.61 Å². The molecule has 0 bridgehead atoms. The average Bonchev–Trinajstić information content (AvgIpc) is 3.20. The van der Waals surface area contributed by atoms with E-state index in [2.05, 4.69) is 10.1 Å². The summed E-state index contributed by atoms with van der Waals surface area (Å²) in [6, 6.07) is 4.05. The zero-order chi connectivity index (χ0) is 17.1. The second kappa shape index (κ2) is 6.86. The molecule has 0 saturated carbocycles. The monoisotopic (exact) mass is 326 g/mol. The van der Waals surface area contributed by atoms with Crippen molar-refractivity contribution in [2.24, 2.45) is 11.8 Å². The first kappa shape index (κ1) is 16.2. The van der Waals surface area contributed by atoms with Crippen molar-refractivity contribution in [3.05, 3.63) is 43.1 Å². The Kier molecular flexibility index (Phi) is 4.64. The summed E-state index contributed by atoms with van der Waals surface area (Å²) in [6.07, 6.45) is 9.44. The maximum absolute atomic E-state index is 12.1. The Morgan fingerprint density at radius 2 is 2.12 bits per heavy atom. The van der Waals surface area contributed by atoms with Gasteiger partial charge in [-0.25, -0.2) is 4.98 Å². The summed E-state index contributed by atoms with van der Waals surface area (Å²) in [5.74, 6) is -0.172. The van der Waals surface area contributed by atoms with Crippen LogP contribution >= 0.6 is 0 Å². The third-order valence-electron chi connectivity index (χ3n) is 4.14. The van der Waals surface area contributed by atoms with Crippen LogP contribution in [0.2, 0.25) is 0 Å². The number of fused-ring (bicyclic) bond motifs is 1. The summed E-state index contributed by atoms with van der Waals surface area (Å²) < 4.78 is 8.95. The number of pyridine rings is 1. The summed E-state index contributed by atoms with van der Waals surface area (Å²) >= 11 is 0. The molecule has 0 aliphatic carbocycles. The van der Waals surface area contributed by atoms with Gasteiger partial charge in [-0.2, -0.15) is 5.10 Å². The molecule has 3 rings (SSSR count). The van der Waals surface area contributed by atoms with Crippen LogP contribution in [0.3, 0.4) is 0 Å². The number of hydrogen-bond acceptors (Lipinski definition) is 4. The van der Waals surface area contributed by atoms with Crippen molar-refractivity contribution in [3.63, 3.8) is 0 Å². The Morgan fingerprint density at radius 3 is 2.88 bits per heavy atom. The van der Waals surface area contributed by atoms with E-state index in [1.54, 1.807) is 6.20 Å². The fourth-order valence-corrected chi connectivity index (χ4v) is 2.71. The van der Waals surface area contributed by atoms with Crippen LogP contribution in [-0.2, 0) is 16.1 Å². The number of ether oxygens (including phenoxy) is 1. The maximum Gasteiger partial charge on any atom is 0.311 e. The molecule has 0 radical (unpaired) electrons. The fraction of sp³-hybridized carbons (Fsp3) is 0.389. The highest BCUT2D eigenvalue weighted by Gasteiger charge is 2.24. The Morgan fingerprint density at radius 1 is 1.29 bits per heavy atom. The minimum absolute atomic E-state index is 0.164. The molecule has 3 aromatic heterocycles. The van der Waals surface area contributed by atoms with Gasteiger partial charge >= 0.3 is 5.97 Å². The van der Waals surface area contributed by atoms with Gasteiger partial charge < -0.3 is 9.14 Å². The number of rotatable bonds is 6. The average molecular weight is 326 g/mol. The first-order valence-corrected chi connectivity index (χ1v) is 8.20. The number of esters is 1. The highest BCUT2D eigenvalue weighted by atomic mass is 16.5. The van der Waals surface area contributed by atoms with Crippen molar-refractivity contribution in [3.8, 4) is 11.1 Å². The molecule has 3 heterocycles. The molecule has 0 spiro atoms. The Balaban J connectivity index is 1.80. The predicted molar refractivity (Wildman–Crippen MR) is 91.4 cm³/mol. The van der Waals surface area contributed by atoms with E-state index in [-0.39, 0.29) is 17.8 Å². The second-order valence-corrected chi connectivity index (χ2v) is 6.16. The number of hydrogen-bond donors (Lipinski definition) is 0. The lowest BCUT2D eigenvalue weighted by atomic mass is 9.96. The number of nitrogens with zero attached hydrogens (tertiary/aromatic N) is 4. The van der Waals surface area contributed by atoms with E-state index in [9.17, 15) is 4.79 Å². The third-order valence-corrected chi connectivity index (χ3v) is 4.14. The molecule has 0 aliphatic heterocycles. The normalized spacial score (nSPS) is 12.7. The molecule has 6 nitrogen and oxygen atoms in total. The quantitative estimate of drug-likeness (QED) is 0.653. The van der Waals surface area contributed by atoms with Gasteiger partial charge in [-0.1, -0.05) is 13.8 Å². The summed E-state index contributed by atoms with van der Waals surface area (Å²) in [6.45, 7) is 6.79. The lowest BCUT2D eigenvalue weighted by Crippen LogP contribution is -2.27. The summed E-state index contributed by atoms with van der Waals surface area (Å²) in [7, 11) is 0. The van der Waals surface area contributed by atoms with Gasteiger partial charge in [0.2, 0.25) is 0 Å². The van der Waals surface area contributed by atoms with Crippen molar-refractivity contribution in [1.29, 1.82) is 0 Å². The van der Waals surface area contributed by atoms with Crippen molar-refractivity contribution in [1.82, 2.24) is 19.2 Å². The molecule has 6 heteroatoms. The molecule has 126 valence electrons. The van der Waals surface area contributed by atoms with Gasteiger partial charge in [-0.15, -0.1) is 0 Å². The zero-order valence-electron chi connectivity index (χ0n) is 14.2. The highest BCUT2D eigenvalue weighted by molar-refractivity contribution is 5.72. The van der Waals surface area contributed by atoms with E-state index in [0.29, 0.717) is 13.2 Å². The fourth-order valence-electron chi connectivity index (χ4n) is 2.71. The minimum atomic E-state index is -0.201. The number of carbonyl (C=O) groups is 1. The topological polar surface area (TPSA) is 61.4 Å². The molecule has 0 saturated heterocycles. The second-order valence-electron chi connectivity index (χ2n) is 6.16. The molecule has 0 N–H and O–H groups in total. The van der Waals surface area contributed by atoms with E-state index in [4.69, 9.17) is 4.74 Å². The minimum Gasteiger partial charge on any atom is -0.466 e. The molecule has 1 atom stereocenters. The van der Waals surface area contributed by atoms with Gasteiger partial charge in [0, 0.05) is 30.4 Å². The number of aromatic nitrogens is 4. The van der Waals surface area contributed by atoms with Gasteiger partial charge in [0.15, 0.2) is 0 Å². The number of imidazole rings is 1.